The van der Waals surface area contributed by atoms with Crippen molar-refractivity contribution in [3.63, 3.8) is 0 Å². The molecular formula is C13H17FN2O4S. The average Bonchev–Trinajstić information content (AvgIpc) is 2.43. The van der Waals surface area contributed by atoms with E-state index in [2.05, 4.69) is 0 Å². The van der Waals surface area contributed by atoms with Crippen LogP contribution in [0.2, 0.25) is 0 Å². The van der Waals surface area contributed by atoms with Gasteiger partial charge in [-0.2, -0.15) is 11.8 Å². The van der Waals surface area contributed by atoms with Gasteiger partial charge in [-0.05, 0) is 31.4 Å². The second-order valence-electron chi connectivity index (χ2n) is 4.62. The van der Waals surface area contributed by atoms with Crippen LogP contribution in [-0.2, 0) is 0 Å². The smallest absolute Gasteiger partial charge is 0.338 e. The Hall–Kier alpha value is -1.83. The van der Waals surface area contributed by atoms with E-state index in [0.29, 0.717) is 6.07 Å². The van der Waals surface area contributed by atoms with Gasteiger partial charge in [0.15, 0.2) is 0 Å². The maximum Gasteiger partial charge on any atom is 0.338 e. The molecule has 1 aromatic carbocycles. The number of carboxylic acid groups (broad SMARTS) is 1. The number of aromatic carboxylic acids is 1. The van der Waals surface area contributed by atoms with E-state index in [0.717, 1.165) is 18.2 Å². The van der Waals surface area contributed by atoms with Crippen LogP contribution in [0.4, 0.5) is 15.8 Å². The molecule has 0 saturated heterocycles. The predicted octanol–water partition coefficient (Wildman–Crippen LogP) is 3.01. The van der Waals surface area contributed by atoms with Gasteiger partial charge in [0.25, 0.3) is 5.69 Å². The number of nitro groups is 1. The van der Waals surface area contributed by atoms with Crippen LogP contribution >= 0.6 is 11.8 Å². The van der Waals surface area contributed by atoms with E-state index >= 15 is 0 Å². The van der Waals surface area contributed by atoms with Gasteiger partial charge in [-0.15, -0.1) is 0 Å². The van der Waals surface area contributed by atoms with Crippen molar-refractivity contribution in [1.29, 1.82) is 0 Å². The molecule has 6 nitrogen and oxygen atoms in total. The van der Waals surface area contributed by atoms with Crippen molar-refractivity contribution < 1.29 is 19.2 Å². The lowest BCUT2D eigenvalue weighted by atomic mass is 10.1. The molecule has 8 heteroatoms. The molecule has 1 atom stereocenters. The molecule has 1 unspecified atom stereocenters. The lowest BCUT2D eigenvalue weighted by Gasteiger charge is -2.26. The Balaban J connectivity index is 3.27. The highest BCUT2D eigenvalue weighted by molar-refractivity contribution is 7.98. The molecule has 21 heavy (non-hydrogen) atoms. The van der Waals surface area contributed by atoms with Crippen LogP contribution in [0.1, 0.15) is 23.7 Å². The summed E-state index contributed by atoms with van der Waals surface area (Å²) >= 11 is 1.65. The number of nitro benzene ring substituents is 1. The molecule has 0 saturated carbocycles. The summed E-state index contributed by atoms with van der Waals surface area (Å²) in [6.07, 6.45) is 2.73. The van der Waals surface area contributed by atoms with Crippen LogP contribution < -0.4 is 4.90 Å². The number of hydrogen-bond acceptors (Lipinski definition) is 5. The third kappa shape index (κ3) is 4.07. The molecule has 0 aliphatic rings. The van der Waals surface area contributed by atoms with Crippen LogP contribution in [0.5, 0.6) is 0 Å². The van der Waals surface area contributed by atoms with Gasteiger partial charge in [-0.25, -0.2) is 9.18 Å². The Morgan fingerprint density at radius 2 is 2.19 bits per heavy atom. The molecule has 116 valence electrons. The van der Waals surface area contributed by atoms with Crippen LogP contribution in [0.25, 0.3) is 0 Å². The van der Waals surface area contributed by atoms with E-state index in [1.165, 1.54) is 0 Å². The fourth-order valence-electron chi connectivity index (χ4n) is 1.86. The third-order valence-electron chi connectivity index (χ3n) is 3.27. The van der Waals surface area contributed by atoms with Crippen molar-refractivity contribution in [1.82, 2.24) is 0 Å². The summed E-state index contributed by atoms with van der Waals surface area (Å²) in [6.45, 7) is 1.88. The zero-order valence-corrected chi connectivity index (χ0v) is 12.8. The molecule has 0 spiro atoms. The van der Waals surface area contributed by atoms with Crippen molar-refractivity contribution in [3.8, 4) is 0 Å². The van der Waals surface area contributed by atoms with E-state index in [1.807, 2.05) is 13.2 Å². The first-order valence-electron chi connectivity index (χ1n) is 6.22. The monoisotopic (exact) mass is 316 g/mol. The Bertz CT molecular complexity index is 553. The van der Waals surface area contributed by atoms with Crippen LogP contribution in [0.3, 0.4) is 0 Å². The molecule has 1 rings (SSSR count). The number of nitrogens with zero attached hydrogens (tertiary/aromatic N) is 2. The summed E-state index contributed by atoms with van der Waals surface area (Å²) in [5, 5.41) is 20.0. The van der Waals surface area contributed by atoms with Gasteiger partial charge >= 0.3 is 5.97 Å². The molecule has 0 aliphatic carbocycles. The minimum Gasteiger partial charge on any atom is -0.478 e. The zero-order valence-electron chi connectivity index (χ0n) is 12.0. The molecule has 0 aliphatic heterocycles. The third-order valence-corrected chi connectivity index (χ3v) is 3.92. The average molecular weight is 316 g/mol. The summed E-state index contributed by atoms with van der Waals surface area (Å²) in [7, 11) is 1.64. The topological polar surface area (TPSA) is 83.7 Å². The number of halogens is 1. The van der Waals surface area contributed by atoms with E-state index in [-0.39, 0.29) is 11.7 Å². The lowest BCUT2D eigenvalue weighted by molar-refractivity contribution is -0.384. The Morgan fingerprint density at radius 3 is 2.67 bits per heavy atom. The predicted molar refractivity (Wildman–Crippen MR) is 80.9 cm³/mol. The molecule has 1 N–H and O–H groups in total. The van der Waals surface area contributed by atoms with Gasteiger partial charge < -0.3 is 10.0 Å². The Labute approximate surface area is 126 Å². The highest BCUT2D eigenvalue weighted by atomic mass is 32.2. The largest absolute Gasteiger partial charge is 0.478 e. The first-order valence-corrected chi connectivity index (χ1v) is 7.62. The Kier molecular flexibility index (Phi) is 5.95. The molecule has 0 radical (unpaired) electrons. The highest BCUT2D eigenvalue weighted by Gasteiger charge is 2.25. The summed E-state index contributed by atoms with van der Waals surface area (Å²) in [5.74, 6) is -1.69. The normalized spacial score (nSPS) is 12.0. The van der Waals surface area contributed by atoms with Crippen molar-refractivity contribution in [2.24, 2.45) is 0 Å². The fourth-order valence-corrected chi connectivity index (χ4v) is 2.44. The van der Waals surface area contributed by atoms with Gasteiger partial charge in [0.2, 0.25) is 0 Å². The molecule has 0 bridgehead atoms. The van der Waals surface area contributed by atoms with Crippen molar-refractivity contribution in [2.45, 2.75) is 19.4 Å². The van der Waals surface area contributed by atoms with E-state index in [1.54, 1.807) is 23.7 Å². The van der Waals surface area contributed by atoms with E-state index in [4.69, 9.17) is 5.11 Å². The first kappa shape index (κ1) is 17.2. The van der Waals surface area contributed by atoms with Gasteiger partial charge in [0.1, 0.15) is 11.5 Å². The first-order chi connectivity index (χ1) is 9.79. The maximum atomic E-state index is 13.6. The molecule has 0 amide bonds. The number of benzene rings is 1. The molecular weight excluding hydrogens is 299 g/mol. The maximum absolute atomic E-state index is 13.6. The standard InChI is InChI=1S/C13H17FN2O4S/c1-8(4-5-21-3)15(2)11-6-9(13(17)18)10(14)7-12(11)16(19)20/h6-8H,4-5H2,1-3H3,(H,17,18). The number of carbonyl (C=O) groups is 1. The van der Waals surface area contributed by atoms with Gasteiger partial charge in [-0.3, -0.25) is 10.1 Å². The number of anilines is 1. The van der Waals surface area contributed by atoms with Crippen LogP contribution in [0.15, 0.2) is 12.1 Å². The quantitative estimate of drug-likeness (QED) is 0.615. The van der Waals surface area contributed by atoms with Crippen molar-refractivity contribution in [2.75, 3.05) is 24.0 Å². The number of rotatable bonds is 7. The summed E-state index contributed by atoms with van der Waals surface area (Å²) in [4.78, 5) is 22.9. The van der Waals surface area contributed by atoms with Gasteiger partial charge in [0.05, 0.1) is 16.6 Å². The minimum absolute atomic E-state index is 0.0387. The lowest BCUT2D eigenvalue weighted by Crippen LogP contribution is -2.30. The van der Waals surface area contributed by atoms with Gasteiger partial charge in [-0.1, -0.05) is 0 Å². The zero-order chi connectivity index (χ0) is 16.2. The summed E-state index contributed by atoms with van der Waals surface area (Å²) < 4.78 is 13.6. The van der Waals surface area contributed by atoms with E-state index < -0.39 is 28.0 Å². The van der Waals surface area contributed by atoms with E-state index in [9.17, 15) is 19.3 Å². The van der Waals surface area contributed by atoms with Crippen molar-refractivity contribution in [3.05, 3.63) is 33.6 Å². The fraction of sp³-hybridized carbons (Fsp3) is 0.462. The van der Waals surface area contributed by atoms with Crippen LogP contribution in [-0.4, -0.2) is 41.1 Å². The number of carboxylic acids is 1. The summed E-state index contributed by atoms with van der Waals surface area (Å²) in [6, 6.07) is 1.64. The van der Waals surface area contributed by atoms with Crippen LogP contribution in [0, 0.1) is 15.9 Å². The Morgan fingerprint density at radius 1 is 1.57 bits per heavy atom. The highest BCUT2D eigenvalue weighted by Crippen LogP contribution is 2.32. The number of thioether (sulfide) groups is 1. The summed E-state index contributed by atoms with van der Waals surface area (Å²) in [5.41, 5.74) is -0.900. The van der Waals surface area contributed by atoms with Crippen molar-refractivity contribution >= 4 is 29.1 Å². The minimum atomic E-state index is -1.45. The van der Waals surface area contributed by atoms with Gasteiger partial charge in [0, 0.05) is 13.1 Å². The molecule has 0 aromatic heterocycles. The molecule has 0 heterocycles. The number of hydrogen-bond donors (Lipinski definition) is 1. The SMILES string of the molecule is CSCCC(C)N(C)c1cc(C(=O)O)c(F)cc1[N+](=O)[O-]. The second kappa shape index (κ2) is 7.26. The molecule has 1 aromatic rings. The molecule has 0 fully saturated rings. The second-order valence-corrected chi connectivity index (χ2v) is 5.61.